The molecule has 2 amide bonds. The first kappa shape index (κ1) is 48.7. The van der Waals surface area contributed by atoms with Gasteiger partial charge < -0.3 is 10.2 Å². The van der Waals surface area contributed by atoms with Crippen molar-refractivity contribution in [3.8, 4) is 5.69 Å². The van der Waals surface area contributed by atoms with E-state index in [1.807, 2.05) is 48.1 Å². The molecular weight excluding hydrogens is 932 g/mol. The summed E-state index contributed by atoms with van der Waals surface area (Å²) in [6.07, 6.45) is 20.0. The van der Waals surface area contributed by atoms with Gasteiger partial charge in [-0.2, -0.15) is 0 Å². The van der Waals surface area contributed by atoms with E-state index in [2.05, 4.69) is 58.6 Å². The normalized spacial score (nSPS) is 24.1. The Balaban J connectivity index is 0.614. The average Bonchev–Trinajstić information content (AvgIpc) is 3.90. The van der Waals surface area contributed by atoms with E-state index in [1.165, 1.54) is 17.2 Å². The summed E-state index contributed by atoms with van der Waals surface area (Å²) in [6, 6.07) is 13.3. The maximum Gasteiger partial charge on any atom is 0.330 e. The van der Waals surface area contributed by atoms with Crippen molar-refractivity contribution in [2.24, 2.45) is 17.8 Å². The van der Waals surface area contributed by atoms with E-state index in [9.17, 15) is 24.0 Å². The molecule has 74 heavy (non-hydrogen) atoms. The Kier molecular flexibility index (Phi) is 13.0. The molecule has 14 heteroatoms. The van der Waals surface area contributed by atoms with Crippen LogP contribution in [0.25, 0.3) is 28.4 Å². The van der Waals surface area contributed by atoms with Crippen LogP contribution in [-0.4, -0.2) is 91.4 Å². The highest BCUT2D eigenvalue weighted by molar-refractivity contribution is 6.00. The molecule has 2 N–H and O–H groups in total. The van der Waals surface area contributed by atoms with Crippen LogP contribution >= 0.6 is 0 Å². The molecule has 7 aliphatic rings. The summed E-state index contributed by atoms with van der Waals surface area (Å²) in [7, 11) is 0. The standard InChI is InChI=1S/C60H69FN8O5/c1-35-28-43(32-48(61)56(35)42-18-25-66(26-19-42)37(3)46-33-47-50(15-22-63-57(47)36(46)2)67-27-20-49-45(59(67)73)14-21-62-49)54(70)31-38-4-6-40(7-5-38)34-65-23-16-39(17-24-65)29-41-8-11-51-53(30-41)68(44-9-10-44)60(74)69(51)52-12-13-55(71)64-58(52)72/h8,11,15,18,20,22,27-28,30,32-33,36-40,44,52,62H,4-7,9-10,12-14,16-17,19,21,23-26,29,31,34H2,1-3H3,(H,64,71,72)/t36?,37-,38?,40?,52?/m0/s1. The van der Waals surface area contributed by atoms with Gasteiger partial charge in [-0.1, -0.05) is 19.1 Å². The molecule has 2 unspecified atom stereocenters. The number of hydrogen-bond donors (Lipinski definition) is 2. The lowest BCUT2D eigenvalue weighted by atomic mass is 9.78. The molecule has 2 saturated carbocycles. The van der Waals surface area contributed by atoms with Crippen LogP contribution in [-0.2, 0) is 22.4 Å². The zero-order valence-electron chi connectivity index (χ0n) is 43.1. The van der Waals surface area contributed by atoms with Crippen LogP contribution in [0.3, 0.4) is 0 Å². The number of hydrogen-bond acceptors (Lipinski definition) is 9. The Hall–Kier alpha value is -6.25. The molecule has 0 radical (unpaired) electrons. The fraction of sp³-hybridized carbons (Fsp3) is 0.500. The average molecular weight is 1000 g/mol. The second-order valence-electron chi connectivity index (χ2n) is 22.9. The van der Waals surface area contributed by atoms with Crippen molar-refractivity contribution < 1.29 is 18.8 Å². The van der Waals surface area contributed by atoms with Gasteiger partial charge in [0, 0.05) is 97.4 Å². The number of aromatic nitrogens is 4. The van der Waals surface area contributed by atoms with Gasteiger partial charge in [0.2, 0.25) is 11.8 Å². The number of nitrogens with one attached hydrogen (secondary N) is 2. The maximum atomic E-state index is 16.1. The number of benzene rings is 2. The van der Waals surface area contributed by atoms with Crippen LogP contribution in [0.4, 0.5) is 10.1 Å². The van der Waals surface area contributed by atoms with Crippen LogP contribution in [0.5, 0.6) is 0 Å². The molecule has 13 nitrogen and oxygen atoms in total. The van der Waals surface area contributed by atoms with Crippen molar-refractivity contribution in [1.82, 2.24) is 33.8 Å². The van der Waals surface area contributed by atoms with E-state index in [0.29, 0.717) is 54.7 Å². The number of Topliss-reactive ketones (excluding diaryl/α,β-unsaturated/α-hetero) is 1. The Bertz CT molecular complexity index is 3250. The van der Waals surface area contributed by atoms with Crippen LogP contribution in [0.15, 0.2) is 76.1 Å². The maximum absolute atomic E-state index is 16.1. The zero-order valence-corrected chi connectivity index (χ0v) is 43.1. The largest absolute Gasteiger partial charge is 0.384 e. The van der Waals surface area contributed by atoms with Crippen LogP contribution < -0.4 is 21.9 Å². The summed E-state index contributed by atoms with van der Waals surface area (Å²) >= 11 is 0. The number of imide groups is 1. The number of imidazole rings is 1. The topological polar surface area (TPSA) is 144 Å². The summed E-state index contributed by atoms with van der Waals surface area (Å²) in [5.74, 6) is 0.668. The lowest BCUT2D eigenvalue weighted by molar-refractivity contribution is -0.135. The molecule has 4 aliphatic heterocycles. The molecule has 2 saturated heterocycles. The summed E-state index contributed by atoms with van der Waals surface area (Å²) in [4.78, 5) is 75.5. The second-order valence-corrected chi connectivity index (χ2v) is 22.9. The van der Waals surface area contributed by atoms with Crippen molar-refractivity contribution in [2.45, 2.75) is 135 Å². The summed E-state index contributed by atoms with van der Waals surface area (Å²) in [5.41, 5.74) is 11.6. The van der Waals surface area contributed by atoms with Crippen LogP contribution in [0, 0.1) is 30.5 Å². The monoisotopic (exact) mass is 1000 g/mol. The number of halogens is 1. The van der Waals surface area contributed by atoms with Crippen molar-refractivity contribution >= 4 is 46.0 Å². The van der Waals surface area contributed by atoms with Gasteiger partial charge in [0.15, 0.2) is 5.78 Å². The number of anilines is 1. The number of carbonyl (C=O) groups excluding carboxylic acids is 3. The van der Waals surface area contributed by atoms with Gasteiger partial charge in [0.05, 0.1) is 22.4 Å². The number of fused-ring (bicyclic) bond motifs is 3. The third kappa shape index (κ3) is 9.13. The molecular formula is C60H69FN8O5. The molecule has 12 rings (SSSR count). The highest BCUT2D eigenvalue weighted by Crippen LogP contribution is 2.42. The first-order valence-corrected chi connectivity index (χ1v) is 27.6. The van der Waals surface area contributed by atoms with Gasteiger partial charge in [-0.15, -0.1) is 0 Å². The molecule has 7 heterocycles. The third-order valence-corrected chi connectivity index (χ3v) is 18.2. The number of pyridine rings is 2. The highest BCUT2D eigenvalue weighted by Gasteiger charge is 2.37. The Labute approximate surface area is 431 Å². The predicted octanol–water partition coefficient (Wildman–Crippen LogP) is 9.09. The van der Waals surface area contributed by atoms with Gasteiger partial charge in [-0.3, -0.25) is 48.1 Å². The number of carbonyl (C=O) groups is 3. The lowest BCUT2D eigenvalue weighted by Crippen LogP contribution is -2.44. The van der Waals surface area contributed by atoms with E-state index in [1.54, 1.807) is 9.13 Å². The molecule has 386 valence electrons. The smallest absolute Gasteiger partial charge is 0.330 e. The van der Waals surface area contributed by atoms with E-state index < -0.39 is 11.9 Å². The van der Waals surface area contributed by atoms with Gasteiger partial charge in [-0.05, 0) is 186 Å². The minimum Gasteiger partial charge on any atom is -0.384 e. The second kappa shape index (κ2) is 19.8. The van der Waals surface area contributed by atoms with Crippen LogP contribution in [0.2, 0.25) is 0 Å². The quantitative estimate of drug-likeness (QED) is 0.0873. The Morgan fingerprint density at radius 1 is 0.851 bits per heavy atom. The fourth-order valence-corrected chi connectivity index (χ4v) is 13.8. The molecule has 0 spiro atoms. The van der Waals surface area contributed by atoms with Crippen molar-refractivity contribution in [2.75, 3.05) is 44.6 Å². The van der Waals surface area contributed by atoms with Gasteiger partial charge in [-0.25, -0.2) is 9.18 Å². The number of rotatable bonds is 13. The van der Waals surface area contributed by atoms with E-state index >= 15 is 4.39 Å². The number of amides is 2. The SMILES string of the molecule is Cc1cc(C(=O)CC2CCC(CN3CCC(Cc4ccc5c(c4)n(C4CC4)c(=O)n5C4CCC(=O)NC4=O)CC3)CC2)cc(F)c1C1=CCN([C@@H](C)C2=Cc3c(-n4ccc5c(c4=O)CCN5)ccnc3C2C)CC1. The number of nitrogens with zero attached hydrogens (tertiary/aromatic N) is 6. The number of likely N-dealkylation sites (tertiary alicyclic amines) is 1. The molecule has 3 aromatic heterocycles. The van der Waals surface area contributed by atoms with E-state index in [4.69, 9.17) is 4.98 Å². The third-order valence-electron chi connectivity index (χ3n) is 18.2. The fourth-order valence-electron chi connectivity index (χ4n) is 13.8. The first-order valence-electron chi connectivity index (χ1n) is 27.6. The molecule has 2 aromatic carbocycles. The minimum absolute atomic E-state index is 0.0211. The van der Waals surface area contributed by atoms with Crippen LogP contribution in [0.1, 0.15) is 153 Å². The zero-order chi connectivity index (χ0) is 50.9. The van der Waals surface area contributed by atoms with Crippen molar-refractivity contribution in [1.29, 1.82) is 0 Å². The predicted molar refractivity (Wildman–Crippen MR) is 286 cm³/mol. The lowest BCUT2D eigenvalue weighted by Gasteiger charge is -2.36. The molecule has 3 atom stereocenters. The van der Waals surface area contributed by atoms with Gasteiger partial charge in [0.25, 0.3) is 5.56 Å². The number of aryl methyl sites for hydroxylation is 1. The molecule has 3 aliphatic carbocycles. The molecule has 4 fully saturated rings. The Morgan fingerprint density at radius 3 is 2.39 bits per heavy atom. The summed E-state index contributed by atoms with van der Waals surface area (Å²) in [5, 5.41) is 5.74. The van der Waals surface area contributed by atoms with Crippen molar-refractivity contribution in [3.05, 3.63) is 132 Å². The number of ketones is 1. The molecule has 0 bridgehead atoms. The van der Waals surface area contributed by atoms with Gasteiger partial charge in [0.1, 0.15) is 11.9 Å². The summed E-state index contributed by atoms with van der Waals surface area (Å²) in [6.45, 7) is 11.9. The molecule has 5 aromatic rings. The van der Waals surface area contributed by atoms with E-state index in [-0.39, 0.29) is 53.2 Å². The minimum atomic E-state index is -0.667. The first-order chi connectivity index (χ1) is 35.9. The number of piperidine rings is 2. The van der Waals surface area contributed by atoms with Gasteiger partial charge >= 0.3 is 5.69 Å². The van der Waals surface area contributed by atoms with E-state index in [0.717, 1.165) is 147 Å². The summed E-state index contributed by atoms with van der Waals surface area (Å²) < 4.78 is 21.4. The Morgan fingerprint density at radius 2 is 1.65 bits per heavy atom. The van der Waals surface area contributed by atoms with Crippen molar-refractivity contribution in [3.63, 3.8) is 0 Å². The highest BCUT2D eigenvalue weighted by atomic mass is 19.1.